The molecule has 0 unspecified atom stereocenters. The highest BCUT2D eigenvalue weighted by molar-refractivity contribution is 5.80. The van der Waals surface area contributed by atoms with Gasteiger partial charge in [0.25, 0.3) is 0 Å². The largest absolute Gasteiger partial charge is 0.352 e. The van der Waals surface area contributed by atoms with E-state index >= 15 is 0 Å². The SMILES string of the molecule is Cc1ccc(C)c(Cn2c(N3CCC(C(=O)NCc4ccccc4F)CC3)nc3ccccc32)c1. The Hall–Kier alpha value is -3.67. The van der Waals surface area contributed by atoms with Crippen LogP contribution in [0.2, 0.25) is 0 Å². The van der Waals surface area contributed by atoms with Gasteiger partial charge in [0.05, 0.1) is 17.6 Å². The molecule has 5 rings (SSSR count). The van der Waals surface area contributed by atoms with Crippen molar-refractivity contribution >= 4 is 22.9 Å². The third kappa shape index (κ3) is 4.92. The van der Waals surface area contributed by atoms with Crippen LogP contribution in [0.3, 0.4) is 0 Å². The van der Waals surface area contributed by atoms with Crippen LogP contribution in [0.25, 0.3) is 11.0 Å². The maximum Gasteiger partial charge on any atom is 0.223 e. The van der Waals surface area contributed by atoms with E-state index in [9.17, 15) is 9.18 Å². The van der Waals surface area contributed by atoms with Gasteiger partial charge in [-0.25, -0.2) is 9.37 Å². The van der Waals surface area contributed by atoms with E-state index in [4.69, 9.17) is 4.98 Å². The van der Waals surface area contributed by atoms with E-state index in [1.807, 2.05) is 6.07 Å². The molecule has 5 nitrogen and oxygen atoms in total. The Bertz CT molecular complexity index is 1350. The maximum absolute atomic E-state index is 13.9. The van der Waals surface area contributed by atoms with Crippen LogP contribution in [0.5, 0.6) is 0 Å². The predicted molar refractivity (Wildman–Crippen MR) is 138 cm³/mol. The van der Waals surface area contributed by atoms with E-state index in [0.717, 1.165) is 49.5 Å². The zero-order valence-corrected chi connectivity index (χ0v) is 20.3. The van der Waals surface area contributed by atoms with Crippen molar-refractivity contribution in [3.63, 3.8) is 0 Å². The molecule has 2 heterocycles. The van der Waals surface area contributed by atoms with Crippen LogP contribution in [0.1, 0.15) is 35.1 Å². The van der Waals surface area contributed by atoms with E-state index in [-0.39, 0.29) is 24.2 Å². The van der Waals surface area contributed by atoms with Crippen LogP contribution in [0.15, 0.2) is 66.7 Å². The summed E-state index contributed by atoms with van der Waals surface area (Å²) in [6.07, 6.45) is 1.49. The first-order valence-corrected chi connectivity index (χ1v) is 12.3. The van der Waals surface area contributed by atoms with Crippen molar-refractivity contribution in [1.82, 2.24) is 14.9 Å². The number of aromatic nitrogens is 2. The lowest BCUT2D eigenvalue weighted by Gasteiger charge is -2.32. The molecule has 0 atom stereocenters. The Kier molecular flexibility index (Phi) is 6.53. The Balaban J connectivity index is 1.31. The van der Waals surface area contributed by atoms with Gasteiger partial charge in [-0.05, 0) is 56.0 Å². The van der Waals surface area contributed by atoms with Crippen molar-refractivity contribution < 1.29 is 9.18 Å². The topological polar surface area (TPSA) is 50.2 Å². The summed E-state index contributed by atoms with van der Waals surface area (Å²) in [5, 5.41) is 2.92. The normalized spacial score (nSPS) is 14.4. The van der Waals surface area contributed by atoms with Crippen molar-refractivity contribution in [1.29, 1.82) is 0 Å². The molecule has 1 amide bonds. The monoisotopic (exact) mass is 470 g/mol. The summed E-state index contributed by atoms with van der Waals surface area (Å²) in [5.41, 5.74) is 6.42. The lowest BCUT2D eigenvalue weighted by Crippen LogP contribution is -2.41. The van der Waals surface area contributed by atoms with Crippen molar-refractivity contribution in [2.24, 2.45) is 5.92 Å². The van der Waals surface area contributed by atoms with Crippen LogP contribution in [0.4, 0.5) is 10.3 Å². The number of nitrogens with zero attached hydrogens (tertiary/aromatic N) is 3. The molecular weight excluding hydrogens is 439 g/mol. The van der Waals surface area contributed by atoms with Crippen molar-refractivity contribution in [2.75, 3.05) is 18.0 Å². The van der Waals surface area contributed by atoms with E-state index in [2.05, 4.69) is 65.0 Å². The van der Waals surface area contributed by atoms with E-state index in [1.165, 1.54) is 22.8 Å². The first kappa shape index (κ1) is 23.1. The first-order chi connectivity index (χ1) is 17.0. The summed E-state index contributed by atoms with van der Waals surface area (Å²) in [5.74, 6) is 0.592. The summed E-state index contributed by atoms with van der Waals surface area (Å²) < 4.78 is 16.2. The highest BCUT2D eigenvalue weighted by atomic mass is 19.1. The fourth-order valence-corrected chi connectivity index (χ4v) is 4.91. The molecule has 180 valence electrons. The number of halogens is 1. The number of rotatable bonds is 6. The minimum atomic E-state index is -0.287. The molecule has 6 heteroatoms. The van der Waals surface area contributed by atoms with Crippen molar-refractivity contribution in [2.45, 2.75) is 39.8 Å². The Morgan fingerprint density at radius 2 is 1.74 bits per heavy atom. The highest BCUT2D eigenvalue weighted by Gasteiger charge is 2.28. The average molecular weight is 471 g/mol. The molecule has 0 saturated carbocycles. The smallest absolute Gasteiger partial charge is 0.223 e. The Labute approximate surface area is 205 Å². The summed E-state index contributed by atoms with van der Waals surface area (Å²) in [6, 6.07) is 21.4. The van der Waals surface area contributed by atoms with Gasteiger partial charge in [0.2, 0.25) is 11.9 Å². The fourth-order valence-electron chi connectivity index (χ4n) is 4.91. The molecule has 0 radical (unpaired) electrons. The standard InChI is InChI=1S/C29H31FN4O/c1-20-11-12-21(2)24(17-20)19-34-27-10-6-5-9-26(27)32-29(34)33-15-13-22(14-16-33)28(35)31-18-23-7-3-4-8-25(23)30/h3-12,17,22H,13-16,18-19H2,1-2H3,(H,31,35). The third-order valence-corrected chi connectivity index (χ3v) is 7.03. The zero-order valence-electron chi connectivity index (χ0n) is 20.3. The number of piperidine rings is 1. The number of fused-ring (bicyclic) bond motifs is 1. The van der Waals surface area contributed by atoms with Gasteiger partial charge in [0.15, 0.2) is 0 Å². The second-order valence-electron chi connectivity index (χ2n) is 9.49. The number of nitrogens with one attached hydrogen (secondary N) is 1. The molecule has 1 saturated heterocycles. The number of anilines is 1. The van der Waals surface area contributed by atoms with Gasteiger partial charge < -0.3 is 14.8 Å². The number of para-hydroxylation sites is 2. The van der Waals surface area contributed by atoms with Gasteiger partial charge in [0.1, 0.15) is 5.82 Å². The molecule has 4 aromatic rings. The van der Waals surface area contributed by atoms with E-state index < -0.39 is 0 Å². The Morgan fingerprint density at radius 3 is 2.54 bits per heavy atom. The molecule has 0 spiro atoms. The van der Waals surface area contributed by atoms with Crippen LogP contribution < -0.4 is 10.2 Å². The second kappa shape index (κ2) is 9.90. The summed E-state index contributed by atoms with van der Waals surface area (Å²) >= 11 is 0. The summed E-state index contributed by atoms with van der Waals surface area (Å²) in [7, 11) is 0. The van der Waals surface area contributed by atoms with Gasteiger partial charge in [-0.3, -0.25) is 4.79 Å². The minimum absolute atomic E-state index is 0.00297. The van der Waals surface area contributed by atoms with E-state index in [1.54, 1.807) is 18.2 Å². The Morgan fingerprint density at radius 1 is 1.00 bits per heavy atom. The van der Waals surface area contributed by atoms with Gasteiger partial charge >= 0.3 is 0 Å². The van der Waals surface area contributed by atoms with Gasteiger partial charge in [-0.2, -0.15) is 0 Å². The molecule has 3 aromatic carbocycles. The third-order valence-electron chi connectivity index (χ3n) is 7.03. The predicted octanol–water partition coefficient (Wildman–Crippen LogP) is 5.37. The molecule has 1 fully saturated rings. The number of hydrogen-bond acceptors (Lipinski definition) is 3. The van der Waals surface area contributed by atoms with E-state index in [0.29, 0.717) is 5.56 Å². The molecular formula is C29H31FN4O. The number of amides is 1. The summed E-state index contributed by atoms with van der Waals surface area (Å²) in [4.78, 5) is 20.1. The zero-order chi connectivity index (χ0) is 24.4. The molecule has 1 aliphatic heterocycles. The average Bonchev–Trinajstić information content (AvgIpc) is 3.24. The van der Waals surface area contributed by atoms with Gasteiger partial charge in [-0.1, -0.05) is 54.1 Å². The molecule has 1 aromatic heterocycles. The number of hydrogen-bond donors (Lipinski definition) is 1. The quantitative estimate of drug-likeness (QED) is 0.412. The van der Waals surface area contributed by atoms with Crippen molar-refractivity contribution in [3.8, 4) is 0 Å². The molecule has 0 aliphatic carbocycles. The van der Waals surface area contributed by atoms with Crippen LogP contribution in [-0.2, 0) is 17.9 Å². The number of benzene rings is 3. The number of aryl methyl sites for hydroxylation is 2. The van der Waals surface area contributed by atoms with Crippen LogP contribution >= 0.6 is 0 Å². The lowest BCUT2D eigenvalue weighted by atomic mass is 9.96. The lowest BCUT2D eigenvalue weighted by molar-refractivity contribution is -0.125. The highest BCUT2D eigenvalue weighted by Crippen LogP contribution is 2.28. The number of carbonyl (C=O) groups is 1. The molecule has 1 N–H and O–H groups in total. The molecule has 0 bridgehead atoms. The first-order valence-electron chi connectivity index (χ1n) is 12.3. The van der Waals surface area contributed by atoms with Crippen LogP contribution in [0, 0.1) is 25.6 Å². The second-order valence-corrected chi connectivity index (χ2v) is 9.49. The number of carbonyl (C=O) groups excluding carboxylic acids is 1. The fraction of sp³-hybridized carbons (Fsp3) is 0.310. The molecule has 35 heavy (non-hydrogen) atoms. The van der Waals surface area contributed by atoms with Gasteiger partial charge in [0, 0.05) is 31.1 Å². The minimum Gasteiger partial charge on any atom is -0.352 e. The summed E-state index contributed by atoms with van der Waals surface area (Å²) in [6.45, 7) is 6.77. The molecule has 1 aliphatic rings. The van der Waals surface area contributed by atoms with Gasteiger partial charge in [-0.15, -0.1) is 0 Å². The number of imidazole rings is 1. The van der Waals surface area contributed by atoms with Crippen molar-refractivity contribution in [3.05, 3.63) is 94.8 Å². The maximum atomic E-state index is 13.9. The van der Waals surface area contributed by atoms with Crippen LogP contribution in [-0.4, -0.2) is 28.5 Å².